The molecular formula is C15H23FN2O2. The molecule has 0 radical (unpaired) electrons. The van der Waals surface area contributed by atoms with Gasteiger partial charge in [0.05, 0.1) is 6.61 Å². The summed E-state index contributed by atoms with van der Waals surface area (Å²) in [5.41, 5.74) is 7.39. The van der Waals surface area contributed by atoms with Crippen LogP contribution in [-0.2, 0) is 11.2 Å². The second-order valence-electron chi connectivity index (χ2n) is 4.71. The Bertz CT molecular complexity index is 451. The summed E-state index contributed by atoms with van der Waals surface area (Å²) < 4.78 is 13.4. The molecule has 1 rings (SSSR count). The molecule has 0 aliphatic heterocycles. The third-order valence-electron chi connectivity index (χ3n) is 3.38. The quantitative estimate of drug-likeness (QED) is 0.798. The topological polar surface area (TPSA) is 66.6 Å². The van der Waals surface area contributed by atoms with E-state index in [-0.39, 0.29) is 24.8 Å². The van der Waals surface area contributed by atoms with Gasteiger partial charge in [0.25, 0.3) is 0 Å². The van der Waals surface area contributed by atoms with Crippen molar-refractivity contribution in [1.82, 2.24) is 4.90 Å². The maximum absolute atomic E-state index is 13.4. The number of aliphatic hydroxyl groups excluding tert-OH is 1. The van der Waals surface area contributed by atoms with E-state index in [0.29, 0.717) is 25.1 Å². The average Bonchev–Trinajstić information content (AvgIpc) is 2.44. The monoisotopic (exact) mass is 282 g/mol. The maximum Gasteiger partial charge on any atom is 0.224 e. The molecule has 0 saturated carbocycles. The molecule has 20 heavy (non-hydrogen) atoms. The molecule has 1 atom stereocenters. The number of halogens is 1. The van der Waals surface area contributed by atoms with Gasteiger partial charge < -0.3 is 15.7 Å². The van der Waals surface area contributed by atoms with Crippen LogP contribution in [0.15, 0.2) is 18.2 Å². The predicted molar refractivity (Wildman–Crippen MR) is 76.7 cm³/mol. The van der Waals surface area contributed by atoms with Crippen molar-refractivity contribution >= 4 is 5.91 Å². The van der Waals surface area contributed by atoms with E-state index in [0.717, 1.165) is 5.56 Å². The standard InChI is InChI=1S/C15H23FN2O2/c1-3-11-9-12(5-6-13(11)16)14(17)10-15(20)18(4-2)7-8-19/h5-6,9,14,19H,3-4,7-8,10,17H2,1-2H3. The summed E-state index contributed by atoms with van der Waals surface area (Å²) in [7, 11) is 0. The summed E-state index contributed by atoms with van der Waals surface area (Å²) in [4.78, 5) is 13.6. The van der Waals surface area contributed by atoms with Gasteiger partial charge >= 0.3 is 0 Å². The first-order valence-corrected chi connectivity index (χ1v) is 6.96. The number of carbonyl (C=O) groups excluding carboxylic acids is 1. The fourth-order valence-electron chi connectivity index (χ4n) is 2.11. The van der Waals surface area contributed by atoms with Gasteiger partial charge in [-0.2, -0.15) is 0 Å². The molecule has 0 aliphatic rings. The largest absolute Gasteiger partial charge is 0.395 e. The van der Waals surface area contributed by atoms with Crippen LogP contribution in [0.1, 0.15) is 37.4 Å². The van der Waals surface area contributed by atoms with Crippen LogP contribution in [0.25, 0.3) is 0 Å². The van der Waals surface area contributed by atoms with Crippen LogP contribution in [0, 0.1) is 5.82 Å². The summed E-state index contributed by atoms with van der Waals surface area (Å²) in [6.07, 6.45) is 0.745. The van der Waals surface area contributed by atoms with Crippen molar-refractivity contribution in [1.29, 1.82) is 0 Å². The molecule has 0 heterocycles. The minimum Gasteiger partial charge on any atom is -0.395 e. The van der Waals surface area contributed by atoms with Gasteiger partial charge in [0, 0.05) is 25.6 Å². The van der Waals surface area contributed by atoms with Crippen LogP contribution >= 0.6 is 0 Å². The molecule has 1 aromatic rings. The molecule has 1 aromatic carbocycles. The van der Waals surface area contributed by atoms with Crippen LogP contribution in [0.2, 0.25) is 0 Å². The highest BCUT2D eigenvalue weighted by Gasteiger charge is 2.17. The SMILES string of the molecule is CCc1cc(C(N)CC(=O)N(CC)CCO)ccc1F. The van der Waals surface area contributed by atoms with E-state index < -0.39 is 6.04 Å². The Morgan fingerprint density at radius 3 is 2.70 bits per heavy atom. The van der Waals surface area contributed by atoms with E-state index in [9.17, 15) is 9.18 Å². The molecule has 0 bridgehead atoms. The van der Waals surface area contributed by atoms with E-state index in [2.05, 4.69) is 0 Å². The zero-order chi connectivity index (χ0) is 15.1. The minimum atomic E-state index is -0.457. The lowest BCUT2D eigenvalue weighted by molar-refractivity contribution is -0.131. The molecule has 0 spiro atoms. The number of hydrogen-bond acceptors (Lipinski definition) is 3. The summed E-state index contributed by atoms with van der Waals surface area (Å²) in [6.45, 7) is 4.51. The van der Waals surface area contributed by atoms with Gasteiger partial charge in [-0.25, -0.2) is 4.39 Å². The summed E-state index contributed by atoms with van der Waals surface area (Å²) in [5.74, 6) is -0.346. The molecule has 4 nitrogen and oxygen atoms in total. The molecule has 0 aromatic heterocycles. The zero-order valence-electron chi connectivity index (χ0n) is 12.1. The van der Waals surface area contributed by atoms with Gasteiger partial charge in [-0.3, -0.25) is 4.79 Å². The van der Waals surface area contributed by atoms with Crippen molar-refractivity contribution in [3.8, 4) is 0 Å². The Hall–Kier alpha value is -1.46. The van der Waals surface area contributed by atoms with Crippen LogP contribution < -0.4 is 5.73 Å². The van der Waals surface area contributed by atoms with Crippen molar-refractivity contribution in [3.05, 3.63) is 35.1 Å². The van der Waals surface area contributed by atoms with Crippen LogP contribution in [0.3, 0.4) is 0 Å². The normalized spacial score (nSPS) is 12.2. The highest BCUT2D eigenvalue weighted by atomic mass is 19.1. The first-order valence-electron chi connectivity index (χ1n) is 6.96. The molecule has 112 valence electrons. The number of hydrogen-bond donors (Lipinski definition) is 2. The molecule has 5 heteroatoms. The number of benzene rings is 1. The first-order chi connectivity index (χ1) is 9.53. The van der Waals surface area contributed by atoms with Crippen LogP contribution in [0.5, 0.6) is 0 Å². The maximum atomic E-state index is 13.4. The van der Waals surface area contributed by atoms with E-state index in [1.54, 1.807) is 17.0 Å². The third kappa shape index (κ3) is 4.28. The van der Waals surface area contributed by atoms with Crippen molar-refractivity contribution in [3.63, 3.8) is 0 Å². The summed E-state index contributed by atoms with van der Waals surface area (Å²) in [5, 5.41) is 8.90. The Balaban J connectivity index is 2.75. The van der Waals surface area contributed by atoms with E-state index >= 15 is 0 Å². The fourth-order valence-corrected chi connectivity index (χ4v) is 2.11. The molecule has 0 saturated heterocycles. The Labute approximate surface area is 119 Å². The molecule has 1 amide bonds. The molecule has 3 N–H and O–H groups in total. The second-order valence-corrected chi connectivity index (χ2v) is 4.71. The number of carbonyl (C=O) groups is 1. The van der Waals surface area contributed by atoms with Gasteiger partial charge in [-0.1, -0.05) is 19.1 Å². The number of aliphatic hydroxyl groups is 1. The number of nitrogens with two attached hydrogens (primary N) is 1. The van der Waals surface area contributed by atoms with Gasteiger partial charge in [-0.15, -0.1) is 0 Å². The lowest BCUT2D eigenvalue weighted by Crippen LogP contribution is -2.35. The zero-order valence-corrected chi connectivity index (χ0v) is 12.1. The highest BCUT2D eigenvalue weighted by molar-refractivity contribution is 5.77. The molecule has 0 fully saturated rings. The minimum absolute atomic E-state index is 0.0641. The van der Waals surface area contributed by atoms with E-state index in [4.69, 9.17) is 10.8 Å². The summed E-state index contributed by atoms with van der Waals surface area (Å²) in [6, 6.07) is 4.27. The van der Waals surface area contributed by atoms with E-state index in [1.165, 1.54) is 6.07 Å². The van der Waals surface area contributed by atoms with Crippen molar-refractivity contribution in [2.45, 2.75) is 32.7 Å². The molecule has 0 aliphatic carbocycles. The number of amides is 1. The summed E-state index contributed by atoms with van der Waals surface area (Å²) >= 11 is 0. The average molecular weight is 282 g/mol. The number of likely N-dealkylation sites (N-methyl/N-ethyl adjacent to an activating group) is 1. The number of rotatable bonds is 7. The lowest BCUT2D eigenvalue weighted by Gasteiger charge is -2.22. The van der Waals surface area contributed by atoms with Gasteiger partial charge in [0.2, 0.25) is 5.91 Å². The second kappa shape index (κ2) is 7.97. The van der Waals surface area contributed by atoms with Crippen LogP contribution in [0.4, 0.5) is 4.39 Å². The molecule has 1 unspecified atom stereocenters. The Morgan fingerprint density at radius 2 is 2.15 bits per heavy atom. The van der Waals surface area contributed by atoms with Gasteiger partial charge in [0.1, 0.15) is 5.82 Å². The van der Waals surface area contributed by atoms with Gasteiger partial charge in [-0.05, 0) is 30.5 Å². The van der Waals surface area contributed by atoms with Crippen molar-refractivity contribution < 1.29 is 14.3 Å². The smallest absolute Gasteiger partial charge is 0.224 e. The first kappa shape index (κ1) is 16.6. The Morgan fingerprint density at radius 1 is 1.45 bits per heavy atom. The molecular weight excluding hydrogens is 259 g/mol. The predicted octanol–water partition coefficient (Wildman–Crippen LogP) is 1.62. The number of nitrogens with zero attached hydrogens (tertiary/aromatic N) is 1. The Kier molecular flexibility index (Phi) is 6.61. The van der Waals surface area contributed by atoms with Gasteiger partial charge in [0.15, 0.2) is 0 Å². The fraction of sp³-hybridized carbons (Fsp3) is 0.533. The number of aryl methyl sites for hydroxylation is 1. The third-order valence-corrected chi connectivity index (χ3v) is 3.38. The lowest BCUT2D eigenvalue weighted by atomic mass is 10.00. The highest BCUT2D eigenvalue weighted by Crippen LogP contribution is 2.19. The van der Waals surface area contributed by atoms with Crippen molar-refractivity contribution in [2.75, 3.05) is 19.7 Å². The van der Waals surface area contributed by atoms with E-state index in [1.807, 2.05) is 13.8 Å². The van der Waals surface area contributed by atoms with Crippen molar-refractivity contribution in [2.24, 2.45) is 5.73 Å². The van der Waals surface area contributed by atoms with Crippen LogP contribution in [-0.4, -0.2) is 35.6 Å².